The minimum Gasteiger partial charge on any atom is -0.481 e. The predicted octanol–water partition coefficient (Wildman–Crippen LogP) is 3.08. The average molecular weight is 340 g/mol. The van der Waals surface area contributed by atoms with Gasteiger partial charge in [-0.1, -0.05) is 13.0 Å². The first kappa shape index (κ1) is 15.0. The number of hydrogen-bond donors (Lipinski definition) is 1. The SMILES string of the molecule is Cc1ccc(C(=O)N(CC(C)C(=O)O)C2CC2)c(Br)c1. The van der Waals surface area contributed by atoms with Crippen molar-refractivity contribution in [3.63, 3.8) is 0 Å². The molecule has 2 rings (SSSR count). The monoisotopic (exact) mass is 339 g/mol. The summed E-state index contributed by atoms with van der Waals surface area (Å²) in [6, 6.07) is 5.78. The lowest BCUT2D eigenvalue weighted by atomic mass is 10.1. The predicted molar refractivity (Wildman–Crippen MR) is 79.7 cm³/mol. The fourth-order valence-electron chi connectivity index (χ4n) is 2.11. The molecule has 4 nitrogen and oxygen atoms in total. The standard InChI is InChI=1S/C15H18BrNO3/c1-9-3-6-12(13(16)7-9)14(18)17(11-4-5-11)8-10(2)15(19)20/h3,6-7,10-11H,4-5,8H2,1-2H3,(H,19,20). The summed E-state index contributed by atoms with van der Waals surface area (Å²) in [6.45, 7) is 3.86. The van der Waals surface area contributed by atoms with Crippen LogP contribution >= 0.6 is 15.9 Å². The van der Waals surface area contributed by atoms with E-state index < -0.39 is 11.9 Å². The number of carboxylic acid groups (broad SMARTS) is 1. The molecule has 0 spiro atoms. The fraction of sp³-hybridized carbons (Fsp3) is 0.467. The molecule has 1 aromatic carbocycles. The molecular formula is C15H18BrNO3. The fourth-order valence-corrected chi connectivity index (χ4v) is 2.77. The van der Waals surface area contributed by atoms with Gasteiger partial charge >= 0.3 is 5.97 Å². The molecular weight excluding hydrogens is 322 g/mol. The molecule has 108 valence electrons. The molecule has 1 aliphatic rings. The first-order valence-electron chi connectivity index (χ1n) is 6.70. The van der Waals surface area contributed by atoms with E-state index in [0.717, 1.165) is 22.9 Å². The lowest BCUT2D eigenvalue weighted by molar-refractivity contribution is -0.141. The smallest absolute Gasteiger partial charge is 0.308 e. The summed E-state index contributed by atoms with van der Waals surface area (Å²) >= 11 is 3.42. The molecule has 1 unspecified atom stereocenters. The van der Waals surface area contributed by atoms with E-state index in [4.69, 9.17) is 5.11 Å². The van der Waals surface area contributed by atoms with E-state index in [0.29, 0.717) is 5.56 Å². The molecule has 1 aromatic rings. The average Bonchev–Trinajstić information content (AvgIpc) is 3.19. The van der Waals surface area contributed by atoms with Crippen LogP contribution in [0.2, 0.25) is 0 Å². The number of benzene rings is 1. The van der Waals surface area contributed by atoms with Crippen molar-refractivity contribution in [1.29, 1.82) is 0 Å². The number of nitrogens with zero attached hydrogens (tertiary/aromatic N) is 1. The van der Waals surface area contributed by atoms with Gasteiger partial charge < -0.3 is 10.0 Å². The topological polar surface area (TPSA) is 57.6 Å². The number of aryl methyl sites for hydroxylation is 1. The Hall–Kier alpha value is -1.36. The van der Waals surface area contributed by atoms with Crippen molar-refractivity contribution in [2.24, 2.45) is 5.92 Å². The second kappa shape index (κ2) is 5.95. The van der Waals surface area contributed by atoms with E-state index in [-0.39, 0.29) is 18.5 Å². The summed E-state index contributed by atoms with van der Waals surface area (Å²) in [6.07, 6.45) is 1.92. The molecule has 1 N–H and O–H groups in total. The van der Waals surface area contributed by atoms with Gasteiger partial charge in [-0.05, 0) is 53.4 Å². The zero-order valence-electron chi connectivity index (χ0n) is 11.6. The second-order valence-corrected chi connectivity index (χ2v) is 6.27. The zero-order valence-corrected chi connectivity index (χ0v) is 13.2. The molecule has 20 heavy (non-hydrogen) atoms. The first-order valence-corrected chi connectivity index (χ1v) is 7.49. The van der Waals surface area contributed by atoms with Crippen molar-refractivity contribution < 1.29 is 14.7 Å². The van der Waals surface area contributed by atoms with Crippen molar-refractivity contribution >= 4 is 27.8 Å². The van der Waals surface area contributed by atoms with Gasteiger partial charge in [0.2, 0.25) is 0 Å². The van der Waals surface area contributed by atoms with Gasteiger partial charge in [0.25, 0.3) is 5.91 Å². The normalized spacial score (nSPS) is 15.8. The molecule has 1 atom stereocenters. The third-order valence-corrected chi connectivity index (χ3v) is 4.15. The summed E-state index contributed by atoms with van der Waals surface area (Å²) in [7, 11) is 0. The van der Waals surface area contributed by atoms with Gasteiger partial charge in [-0.25, -0.2) is 0 Å². The van der Waals surface area contributed by atoms with Crippen molar-refractivity contribution in [1.82, 2.24) is 4.90 Å². The summed E-state index contributed by atoms with van der Waals surface area (Å²) in [5.74, 6) is -1.51. The van der Waals surface area contributed by atoms with E-state index >= 15 is 0 Å². The van der Waals surface area contributed by atoms with Gasteiger partial charge in [-0.3, -0.25) is 9.59 Å². The number of amides is 1. The first-order chi connectivity index (χ1) is 9.40. The zero-order chi connectivity index (χ0) is 14.9. The van der Waals surface area contributed by atoms with Crippen LogP contribution in [-0.4, -0.2) is 34.5 Å². The number of carboxylic acids is 1. The highest BCUT2D eigenvalue weighted by molar-refractivity contribution is 9.10. The summed E-state index contributed by atoms with van der Waals surface area (Å²) in [4.78, 5) is 25.3. The Bertz CT molecular complexity index is 540. The largest absolute Gasteiger partial charge is 0.481 e. The lowest BCUT2D eigenvalue weighted by Crippen LogP contribution is -2.38. The van der Waals surface area contributed by atoms with Gasteiger partial charge in [0, 0.05) is 17.1 Å². The Labute approximate surface area is 126 Å². The van der Waals surface area contributed by atoms with Crippen molar-refractivity contribution in [2.45, 2.75) is 32.7 Å². The van der Waals surface area contributed by atoms with E-state index in [9.17, 15) is 9.59 Å². The number of carbonyl (C=O) groups is 2. The maximum absolute atomic E-state index is 12.6. The summed E-state index contributed by atoms with van der Waals surface area (Å²) < 4.78 is 0.760. The summed E-state index contributed by atoms with van der Waals surface area (Å²) in [5.41, 5.74) is 1.67. The van der Waals surface area contributed by atoms with Crippen LogP contribution in [0.25, 0.3) is 0 Å². The van der Waals surface area contributed by atoms with Crippen molar-refractivity contribution in [3.8, 4) is 0 Å². The van der Waals surface area contributed by atoms with Gasteiger partial charge in [-0.2, -0.15) is 0 Å². The molecule has 0 bridgehead atoms. The number of aliphatic carboxylic acids is 1. The molecule has 0 radical (unpaired) electrons. The van der Waals surface area contributed by atoms with E-state index in [1.807, 2.05) is 19.1 Å². The van der Waals surface area contributed by atoms with Crippen LogP contribution < -0.4 is 0 Å². The highest BCUT2D eigenvalue weighted by Gasteiger charge is 2.35. The molecule has 1 amide bonds. The van der Waals surface area contributed by atoms with E-state index in [1.165, 1.54) is 0 Å². The Morgan fingerprint density at radius 2 is 2.10 bits per heavy atom. The van der Waals surface area contributed by atoms with Crippen LogP contribution in [0.15, 0.2) is 22.7 Å². The third kappa shape index (κ3) is 3.39. The third-order valence-electron chi connectivity index (χ3n) is 3.50. The highest BCUT2D eigenvalue weighted by atomic mass is 79.9. The number of carbonyl (C=O) groups excluding carboxylic acids is 1. The molecule has 0 aliphatic heterocycles. The highest BCUT2D eigenvalue weighted by Crippen LogP contribution is 2.30. The second-order valence-electron chi connectivity index (χ2n) is 5.41. The van der Waals surface area contributed by atoms with Crippen molar-refractivity contribution in [2.75, 3.05) is 6.54 Å². The molecule has 5 heteroatoms. The van der Waals surface area contributed by atoms with Crippen LogP contribution in [0.4, 0.5) is 0 Å². The molecule has 1 fully saturated rings. The van der Waals surface area contributed by atoms with Crippen LogP contribution in [-0.2, 0) is 4.79 Å². The van der Waals surface area contributed by atoms with E-state index in [2.05, 4.69) is 15.9 Å². The molecule has 0 heterocycles. The molecule has 1 aliphatic carbocycles. The van der Waals surface area contributed by atoms with Crippen LogP contribution in [0.1, 0.15) is 35.7 Å². The van der Waals surface area contributed by atoms with Gasteiger partial charge in [0.1, 0.15) is 0 Å². The van der Waals surface area contributed by atoms with E-state index in [1.54, 1.807) is 17.9 Å². The minimum absolute atomic E-state index is 0.0903. The Balaban J connectivity index is 2.20. The maximum Gasteiger partial charge on any atom is 0.308 e. The Kier molecular flexibility index (Phi) is 4.48. The quantitative estimate of drug-likeness (QED) is 0.896. The Morgan fingerprint density at radius 1 is 1.45 bits per heavy atom. The molecule has 1 saturated carbocycles. The summed E-state index contributed by atoms with van der Waals surface area (Å²) in [5, 5.41) is 9.03. The lowest BCUT2D eigenvalue weighted by Gasteiger charge is -2.25. The molecule has 0 saturated heterocycles. The van der Waals surface area contributed by atoms with Crippen LogP contribution in [0.5, 0.6) is 0 Å². The number of hydrogen-bond acceptors (Lipinski definition) is 2. The van der Waals surface area contributed by atoms with Gasteiger partial charge in [0.15, 0.2) is 0 Å². The minimum atomic E-state index is -0.869. The van der Waals surface area contributed by atoms with Crippen LogP contribution in [0.3, 0.4) is 0 Å². The maximum atomic E-state index is 12.6. The number of halogens is 1. The van der Waals surface area contributed by atoms with Crippen LogP contribution in [0, 0.1) is 12.8 Å². The van der Waals surface area contributed by atoms with Gasteiger partial charge in [-0.15, -0.1) is 0 Å². The van der Waals surface area contributed by atoms with Gasteiger partial charge in [0.05, 0.1) is 11.5 Å². The Morgan fingerprint density at radius 3 is 2.60 bits per heavy atom. The van der Waals surface area contributed by atoms with Crippen molar-refractivity contribution in [3.05, 3.63) is 33.8 Å². The molecule has 0 aromatic heterocycles. The number of rotatable bonds is 5.